The Balaban J connectivity index is 2.77. The van der Waals surface area contributed by atoms with Gasteiger partial charge >= 0.3 is 0 Å². The summed E-state index contributed by atoms with van der Waals surface area (Å²) in [5.41, 5.74) is 0.486. The number of unbranched alkanes of at least 4 members (excludes halogenated alkanes) is 1. The number of halogens is 2. The second-order valence-corrected chi connectivity index (χ2v) is 3.73. The van der Waals surface area contributed by atoms with Crippen LogP contribution in [0, 0.1) is 5.82 Å². The maximum absolute atomic E-state index is 12.9. The van der Waals surface area contributed by atoms with Gasteiger partial charge in [-0.2, -0.15) is 0 Å². The third-order valence-electron chi connectivity index (χ3n) is 2.15. The van der Waals surface area contributed by atoms with Gasteiger partial charge < -0.3 is 5.11 Å². The van der Waals surface area contributed by atoms with Crippen LogP contribution in [0.1, 0.15) is 37.9 Å². The Morgan fingerprint density at radius 3 is 2.86 bits per heavy atom. The molecule has 0 spiro atoms. The highest BCUT2D eigenvalue weighted by Gasteiger charge is 2.11. The third kappa shape index (κ3) is 2.96. The molecule has 0 saturated carbocycles. The summed E-state index contributed by atoms with van der Waals surface area (Å²) in [6, 6.07) is 4.06. The first-order valence-corrected chi connectivity index (χ1v) is 5.16. The van der Waals surface area contributed by atoms with Crippen LogP contribution >= 0.6 is 11.6 Å². The van der Waals surface area contributed by atoms with Crippen molar-refractivity contribution in [2.75, 3.05) is 0 Å². The molecule has 0 aliphatic heterocycles. The first-order valence-electron chi connectivity index (χ1n) is 4.78. The van der Waals surface area contributed by atoms with Crippen LogP contribution in [0.2, 0.25) is 5.02 Å². The normalized spacial score (nSPS) is 12.9. The second-order valence-electron chi connectivity index (χ2n) is 3.32. The lowest BCUT2D eigenvalue weighted by molar-refractivity contribution is 0.164. The van der Waals surface area contributed by atoms with E-state index in [-0.39, 0.29) is 5.82 Å². The molecule has 14 heavy (non-hydrogen) atoms. The lowest BCUT2D eigenvalue weighted by atomic mass is 10.0. The Morgan fingerprint density at radius 1 is 1.50 bits per heavy atom. The van der Waals surface area contributed by atoms with Gasteiger partial charge in [0.15, 0.2) is 0 Å². The lowest BCUT2D eigenvalue weighted by Crippen LogP contribution is -1.98. The Bertz CT molecular complexity index is 301. The third-order valence-corrected chi connectivity index (χ3v) is 2.49. The van der Waals surface area contributed by atoms with Crippen LogP contribution in [-0.2, 0) is 0 Å². The van der Waals surface area contributed by atoms with Crippen LogP contribution in [0.4, 0.5) is 4.39 Å². The fraction of sp³-hybridized carbons (Fsp3) is 0.455. The van der Waals surface area contributed by atoms with Crippen molar-refractivity contribution in [3.63, 3.8) is 0 Å². The van der Waals surface area contributed by atoms with Crippen LogP contribution < -0.4 is 0 Å². The molecule has 0 heterocycles. The fourth-order valence-corrected chi connectivity index (χ4v) is 1.57. The predicted octanol–water partition coefficient (Wildman–Crippen LogP) is 3.70. The Hall–Kier alpha value is -0.600. The zero-order valence-electron chi connectivity index (χ0n) is 8.13. The summed E-state index contributed by atoms with van der Waals surface area (Å²) >= 11 is 5.84. The molecule has 78 valence electrons. The largest absolute Gasteiger partial charge is 0.388 e. The average Bonchev–Trinajstić information content (AvgIpc) is 2.18. The van der Waals surface area contributed by atoms with E-state index in [1.165, 1.54) is 18.2 Å². The van der Waals surface area contributed by atoms with Crippen molar-refractivity contribution >= 4 is 11.6 Å². The standard InChI is InChI=1S/C11H14ClFO/c1-2-3-4-11(14)9-7-8(13)5-6-10(9)12/h5-7,11,14H,2-4H2,1H3. The number of hydrogen-bond acceptors (Lipinski definition) is 1. The van der Waals surface area contributed by atoms with E-state index >= 15 is 0 Å². The van der Waals surface area contributed by atoms with E-state index in [4.69, 9.17) is 11.6 Å². The van der Waals surface area contributed by atoms with Gasteiger partial charge in [-0.05, 0) is 24.6 Å². The predicted molar refractivity (Wildman–Crippen MR) is 55.9 cm³/mol. The molecule has 0 fully saturated rings. The van der Waals surface area contributed by atoms with Gasteiger partial charge in [0.05, 0.1) is 6.10 Å². The molecule has 1 unspecified atom stereocenters. The number of benzene rings is 1. The summed E-state index contributed by atoms with van der Waals surface area (Å²) in [4.78, 5) is 0. The SMILES string of the molecule is CCCCC(O)c1cc(F)ccc1Cl. The number of hydrogen-bond donors (Lipinski definition) is 1. The Kier molecular flexibility index (Phi) is 4.36. The first-order chi connectivity index (χ1) is 6.65. The van der Waals surface area contributed by atoms with E-state index in [9.17, 15) is 9.50 Å². The first kappa shape index (κ1) is 11.5. The lowest BCUT2D eigenvalue weighted by Gasteiger charge is -2.11. The van der Waals surface area contributed by atoms with E-state index in [0.717, 1.165) is 12.8 Å². The van der Waals surface area contributed by atoms with Crippen molar-refractivity contribution in [1.82, 2.24) is 0 Å². The van der Waals surface area contributed by atoms with Crippen LogP contribution in [0.3, 0.4) is 0 Å². The highest BCUT2D eigenvalue weighted by atomic mass is 35.5. The van der Waals surface area contributed by atoms with Crippen molar-refractivity contribution < 1.29 is 9.50 Å². The van der Waals surface area contributed by atoms with Crippen molar-refractivity contribution in [2.45, 2.75) is 32.3 Å². The van der Waals surface area contributed by atoms with E-state index in [0.29, 0.717) is 17.0 Å². The molecule has 1 N–H and O–H groups in total. The van der Waals surface area contributed by atoms with E-state index in [1.54, 1.807) is 0 Å². The fourth-order valence-electron chi connectivity index (χ4n) is 1.32. The van der Waals surface area contributed by atoms with Gasteiger partial charge in [-0.3, -0.25) is 0 Å². The van der Waals surface area contributed by atoms with Crippen LogP contribution in [-0.4, -0.2) is 5.11 Å². The molecule has 0 aliphatic rings. The molecule has 1 atom stereocenters. The molecule has 0 aromatic heterocycles. The smallest absolute Gasteiger partial charge is 0.123 e. The summed E-state index contributed by atoms with van der Waals surface area (Å²) < 4.78 is 12.9. The Morgan fingerprint density at radius 2 is 2.21 bits per heavy atom. The summed E-state index contributed by atoms with van der Waals surface area (Å²) in [6.45, 7) is 2.04. The molecule has 0 aliphatic carbocycles. The molecular formula is C11H14ClFO. The number of rotatable bonds is 4. The Labute approximate surface area is 88.5 Å². The maximum Gasteiger partial charge on any atom is 0.123 e. The molecule has 0 bridgehead atoms. The molecule has 0 amide bonds. The van der Waals surface area contributed by atoms with Gasteiger partial charge in [-0.1, -0.05) is 31.4 Å². The monoisotopic (exact) mass is 216 g/mol. The molecular weight excluding hydrogens is 203 g/mol. The number of aliphatic hydroxyl groups is 1. The maximum atomic E-state index is 12.9. The van der Waals surface area contributed by atoms with Crippen molar-refractivity contribution in [1.29, 1.82) is 0 Å². The molecule has 1 rings (SSSR count). The zero-order valence-corrected chi connectivity index (χ0v) is 8.89. The highest BCUT2D eigenvalue weighted by Crippen LogP contribution is 2.27. The van der Waals surface area contributed by atoms with Gasteiger partial charge in [0.1, 0.15) is 5.82 Å². The van der Waals surface area contributed by atoms with Gasteiger partial charge in [-0.15, -0.1) is 0 Å². The molecule has 3 heteroatoms. The second kappa shape index (κ2) is 5.32. The quantitative estimate of drug-likeness (QED) is 0.814. The highest BCUT2D eigenvalue weighted by molar-refractivity contribution is 6.31. The van der Waals surface area contributed by atoms with Gasteiger partial charge in [0.2, 0.25) is 0 Å². The van der Waals surface area contributed by atoms with Crippen LogP contribution in [0.15, 0.2) is 18.2 Å². The molecule has 1 nitrogen and oxygen atoms in total. The van der Waals surface area contributed by atoms with E-state index in [2.05, 4.69) is 0 Å². The minimum Gasteiger partial charge on any atom is -0.388 e. The topological polar surface area (TPSA) is 20.2 Å². The minimum atomic E-state index is -0.654. The van der Waals surface area contributed by atoms with E-state index in [1.807, 2.05) is 6.92 Å². The van der Waals surface area contributed by atoms with Crippen LogP contribution in [0.5, 0.6) is 0 Å². The average molecular weight is 217 g/mol. The van der Waals surface area contributed by atoms with Gasteiger partial charge in [-0.25, -0.2) is 4.39 Å². The molecule has 1 aromatic carbocycles. The van der Waals surface area contributed by atoms with Crippen LogP contribution in [0.25, 0.3) is 0 Å². The summed E-state index contributed by atoms with van der Waals surface area (Å²) in [7, 11) is 0. The molecule has 0 saturated heterocycles. The zero-order chi connectivity index (χ0) is 10.6. The minimum absolute atomic E-state index is 0.361. The number of aliphatic hydroxyl groups excluding tert-OH is 1. The summed E-state index contributed by atoms with van der Waals surface area (Å²) in [5.74, 6) is -0.361. The van der Waals surface area contributed by atoms with Crippen molar-refractivity contribution in [3.05, 3.63) is 34.6 Å². The summed E-state index contributed by atoms with van der Waals surface area (Å²) in [5, 5.41) is 10.1. The van der Waals surface area contributed by atoms with Crippen molar-refractivity contribution in [3.8, 4) is 0 Å². The summed E-state index contributed by atoms with van der Waals surface area (Å²) in [6.07, 6.45) is 1.88. The van der Waals surface area contributed by atoms with Gasteiger partial charge in [0, 0.05) is 10.6 Å². The van der Waals surface area contributed by atoms with Gasteiger partial charge in [0.25, 0.3) is 0 Å². The van der Waals surface area contributed by atoms with Crippen molar-refractivity contribution in [2.24, 2.45) is 0 Å². The van der Waals surface area contributed by atoms with E-state index < -0.39 is 6.10 Å². The molecule has 1 aromatic rings. The molecule has 0 radical (unpaired) electrons.